The van der Waals surface area contributed by atoms with Crippen molar-refractivity contribution >= 4 is 35.5 Å². The van der Waals surface area contributed by atoms with Gasteiger partial charge in [0, 0.05) is 12.8 Å². The highest BCUT2D eigenvalue weighted by atomic mass is 16.4. The number of carboxylic acid groups (broad SMARTS) is 1. The number of aliphatic hydroxyl groups is 1. The first kappa shape index (κ1) is 29.0. The molecule has 0 radical (unpaired) electrons. The molecule has 11 N–H and O–H groups in total. The van der Waals surface area contributed by atoms with Crippen LogP contribution in [0.25, 0.3) is 0 Å². The SMILES string of the molecule is NC(=O)CCC(NC(=O)C(N)CC(N)=O)C(=O)NC(Cc1ccccc1)C(=O)NC(CO)C(=O)O. The summed E-state index contributed by atoms with van der Waals surface area (Å²) >= 11 is 0. The van der Waals surface area contributed by atoms with Crippen LogP contribution in [0.15, 0.2) is 30.3 Å². The van der Waals surface area contributed by atoms with Crippen molar-refractivity contribution in [2.75, 3.05) is 6.61 Å². The predicted molar refractivity (Wildman–Crippen MR) is 121 cm³/mol. The quantitative estimate of drug-likeness (QED) is 0.119. The molecule has 35 heavy (non-hydrogen) atoms. The molecule has 1 rings (SSSR count). The van der Waals surface area contributed by atoms with Gasteiger partial charge in [0.1, 0.15) is 18.1 Å². The first-order chi connectivity index (χ1) is 16.4. The predicted octanol–water partition coefficient (Wildman–Crippen LogP) is -3.77. The summed E-state index contributed by atoms with van der Waals surface area (Å²) in [5.41, 5.74) is 16.4. The Balaban J connectivity index is 3.10. The van der Waals surface area contributed by atoms with E-state index < -0.39 is 72.7 Å². The van der Waals surface area contributed by atoms with Gasteiger partial charge in [0.2, 0.25) is 29.5 Å². The number of primary amides is 2. The van der Waals surface area contributed by atoms with E-state index in [1.54, 1.807) is 30.3 Å². The van der Waals surface area contributed by atoms with Crippen LogP contribution in [0, 0.1) is 0 Å². The molecule has 4 unspecified atom stereocenters. The second kappa shape index (κ2) is 14.3. The average Bonchev–Trinajstić information content (AvgIpc) is 2.79. The van der Waals surface area contributed by atoms with E-state index in [0.29, 0.717) is 5.56 Å². The molecule has 0 saturated heterocycles. The van der Waals surface area contributed by atoms with Crippen LogP contribution in [0.3, 0.4) is 0 Å². The van der Waals surface area contributed by atoms with Crippen LogP contribution in [0.5, 0.6) is 0 Å². The summed E-state index contributed by atoms with van der Waals surface area (Å²) < 4.78 is 0. The molecule has 0 spiro atoms. The lowest BCUT2D eigenvalue weighted by atomic mass is 10.0. The molecule has 192 valence electrons. The third kappa shape index (κ3) is 10.6. The Labute approximate surface area is 200 Å². The summed E-state index contributed by atoms with van der Waals surface area (Å²) in [6, 6.07) is 2.79. The van der Waals surface area contributed by atoms with Crippen LogP contribution in [-0.4, -0.2) is 76.5 Å². The number of carboxylic acids is 1. The van der Waals surface area contributed by atoms with Crippen molar-refractivity contribution in [2.24, 2.45) is 17.2 Å². The molecule has 5 amide bonds. The number of hydrogen-bond acceptors (Lipinski definition) is 8. The molecule has 0 aliphatic carbocycles. The number of hydrogen-bond donors (Lipinski definition) is 8. The van der Waals surface area contributed by atoms with Crippen molar-refractivity contribution in [2.45, 2.75) is 49.9 Å². The van der Waals surface area contributed by atoms with Gasteiger partial charge in [0.15, 0.2) is 0 Å². The molecular weight excluding hydrogens is 464 g/mol. The Morgan fingerprint density at radius 2 is 1.34 bits per heavy atom. The summed E-state index contributed by atoms with van der Waals surface area (Å²) in [5.74, 6) is -5.79. The van der Waals surface area contributed by atoms with E-state index in [2.05, 4.69) is 16.0 Å². The van der Waals surface area contributed by atoms with Crippen molar-refractivity contribution in [1.29, 1.82) is 0 Å². The Morgan fingerprint density at radius 1 is 0.800 bits per heavy atom. The molecule has 1 aromatic carbocycles. The Kier molecular flexibility index (Phi) is 11.8. The summed E-state index contributed by atoms with van der Waals surface area (Å²) in [6.07, 6.45) is -1.10. The minimum absolute atomic E-state index is 0.0617. The third-order valence-electron chi connectivity index (χ3n) is 4.78. The van der Waals surface area contributed by atoms with Crippen molar-refractivity contribution in [1.82, 2.24) is 16.0 Å². The van der Waals surface area contributed by atoms with E-state index in [0.717, 1.165) is 0 Å². The number of aliphatic hydroxyl groups excluding tert-OH is 1. The topological polar surface area (TPSA) is 257 Å². The smallest absolute Gasteiger partial charge is 0.328 e. The van der Waals surface area contributed by atoms with Crippen molar-refractivity contribution in [3.8, 4) is 0 Å². The van der Waals surface area contributed by atoms with Gasteiger partial charge in [-0.15, -0.1) is 0 Å². The Bertz CT molecular complexity index is 926. The van der Waals surface area contributed by atoms with E-state index in [9.17, 15) is 33.9 Å². The van der Waals surface area contributed by atoms with E-state index in [4.69, 9.17) is 22.3 Å². The zero-order valence-electron chi connectivity index (χ0n) is 18.8. The molecule has 0 aromatic heterocycles. The number of amides is 5. The fourth-order valence-electron chi connectivity index (χ4n) is 2.93. The monoisotopic (exact) mass is 494 g/mol. The number of nitrogens with one attached hydrogen (secondary N) is 3. The minimum atomic E-state index is -1.62. The van der Waals surface area contributed by atoms with Gasteiger partial charge >= 0.3 is 5.97 Å². The van der Waals surface area contributed by atoms with Crippen LogP contribution in [0.2, 0.25) is 0 Å². The number of carbonyl (C=O) groups is 6. The first-order valence-corrected chi connectivity index (χ1v) is 10.6. The Hall–Kier alpha value is -4.04. The zero-order valence-corrected chi connectivity index (χ0v) is 18.8. The van der Waals surface area contributed by atoms with Crippen LogP contribution in [0.4, 0.5) is 0 Å². The molecule has 0 heterocycles. The van der Waals surface area contributed by atoms with Gasteiger partial charge in [-0.3, -0.25) is 24.0 Å². The standard InChI is InChI=1S/C21H30N6O8/c22-12(9-17(24)30)18(31)25-13(6-7-16(23)29)19(32)26-14(8-11-4-2-1-3-5-11)20(33)27-15(10-28)21(34)35/h1-5,12-15,28H,6-10,22H2,(H2,23,29)(H2,24,30)(H,25,31)(H,26,32)(H,27,33)(H,34,35). The average molecular weight is 495 g/mol. The molecule has 0 aliphatic heterocycles. The summed E-state index contributed by atoms with van der Waals surface area (Å²) in [7, 11) is 0. The van der Waals surface area contributed by atoms with E-state index >= 15 is 0 Å². The molecule has 1 aromatic rings. The number of carbonyl (C=O) groups excluding carboxylic acids is 5. The molecule has 0 bridgehead atoms. The lowest BCUT2D eigenvalue weighted by molar-refractivity contribution is -0.143. The van der Waals surface area contributed by atoms with Gasteiger partial charge in [-0.1, -0.05) is 30.3 Å². The maximum Gasteiger partial charge on any atom is 0.328 e. The molecular formula is C21H30N6O8. The fraction of sp³-hybridized carbons (Fsp3) is 0.429. The second-order valence-electron chi connectivity index (χ2n) is 7.68. The van der Waals surface area contributed by atoms with Crippen molar-refractivity contribution in [3.05, 3.63) is 35.9 Å². The second-order valence-corrected chi connectivity index (χ2v) is 7.68. The minimum Gasteiger partial charge on any atom is -0.480 e. The normalized spacial score (nSPS) is 14.0. The largest absolute Gasteiger partial charge is 0.480 e. The summed E-state index contributed by atoms with van der Waals surface area (Å²) in [4.78, 5) is 71.5. The number of aliphatic carboxylic acids is 1. The van der Waals surface area contributed by atoms with Gasteiger partial charge in [0.05, 0.1) is 19.1 Å². The highest BCUT2D eigenvalue weighted by molar-refractivity contribution is 5.95. The maximum absolute atomic E-state index is 13.0. The van der Waals surface area contributed by atoms with Crippen LogP contribution in [0.1, 0.15) is 24.8 Å². The van der Waals surface area contributed by atoms with Crippen LogP contribution >= 0.6 is 0 Å². The van der Waals surface area contributed by atoms with E-state index in [-0.39, 0.29) is 19.3 Å². The third-order valence-corrected chi connectivity index (χ3v) is 4.78. The number of rotatable bonds is 15. The Morgan fingerprint density at radius 3 is 1.86 bits per heavy atom. The molecule has 0 aliphatic rings. The van der Waals surface area contributed by atoms with E-state index in [1.165, 1.54) is 0 Å². The van der Waals surface area contributed by atoms with Crippen LogP contribution in [-0.2, 0) is 35.2 Å². The van der Waals surface area contributed by atoms with Gasteiger partial charge in [-0.2, -0.15) is 0 Å². The number of benzene rings is 1. The highest BCUT2D eigenvalue weighted by Gasteiger charge is 2.30. The first-order valence-electron chi connectivity index (χ1n) is 10.6. The molecule has 4 atom stereocenters. The molecule has 14 nitrogen and oxygen atoms in total. The lowest BCUT2D eigenvalue weighted by Crippen LogP contribution is -2.58. The van der Waals surface area contributed by atoms with Crippen molar-refractivity contribution in [3.63, 3.8) is 0 Å². The van der Waals surface area contributed by atoms with Crippen molar-refractivity contribution < 1.29 is 39.0 Å². The van der Waals surface area contributed by atoms with Gasteiger partial charge in [-0.25, -0.2) is 4.79 Å². The van der Waals surface area contributed by atoms with Gasteiger partial charge < -0.3 is 43.4 Å². The maximum atomic E-state index is 13.0. The number of nitrogens with two attached hydrogens (primary N) is 3. The van der Waals surface area contributed by atoms with E-state index in [1.807, 2.05) is 0 Å². The molecule has 14 heteroatoms. The molecule has 0 fully saturated rings. The zero-order chi connectivity index (χ0) is 26.5. The molecule has 0 saturated carbocycles. The van der Waals surface area contributed by atoms with Gasteiger partial charge in [0.25, 0.3) is 0 Å². The van der Waals surface area contributed by atoms with Crippen LogP contribution < -0.4 is 33.2 Å². The fourth-order valence-corrected chi connectivity index (χ4v) is 2.93. The van der Waals surface area contributed by atoms with Gasteiger partial charge in [-0.05, 0) is 12.0 Å². The highest BCUT2D eigenvalue weighted by Crippen LogP contribution is 2.06. The summed E-state index contributed by atoms with van der Waals surface area (Å²) in [6.45, 7) is -0.887. The lowest BCUT2D eigenvalue weighted by Gasteiger charge is -2.25. The summed E-state index contributed by atoms with van der Waals surface area (Å²) in [5, 5.41) is 25.1.